The molecule has 1 saturated heterocycles. The van der Waals surface area contributed by atoms with Crippen molar-refractivity contribution in [1.82, 2.24) is 10.2 Å². The summed E-state index contributed by atoms with van der Waals surface area (Å²) in [5, 5.41) is 49.8. The summed E-state index contributed by atoms with van der Waals surface area (Å²) in [7, 11) is 0. The largest absolute Gasteiger partial charge is 4.00 e. The molecule has 0 saturated carbocycles. The third kappa shape index (κ3) is 16.2. The molecular weight excluding hydrogens is 644 g/mol. The summed E-state index contributed by atoms with van der Waals surface area (Å²) in [6.45, 7) is 35.6. The topological polar surface area (TPSA) is 108 Å². The predicted molar refractivity (Wildman–Crippen MR) is 197 cm³/mol. The van der Waals surface area contributed by atoms with E-state index in [-0.39, 0.29) is 54.9 Å². The van der Waals surface area contributed by atoms with E-state index in [1.165, 1.54) is 17.5 Å². The number of piperidine rings is 1. The molecule has 1 fully saturated rings. The van der Waals surface area contributed by atoms with Crippen LogP contribution in [0.2, 0.25) is 0 Å². The maximum Gasteiger partial charge on any atom is 4.00 e. The minimum Gasteiger partial charge on any atom is -0.872 e. The van der Waals surface area contributed by atoms with Gasteiger partial charge in [-0.15, -0.1) is 23.7 Å². The van der Waals surface area contributed by atoms with E-state index in [9.17, 15) is 20.4 Å². The average Bonchev–Trinajstić information content (AvgIpc) is 2.88. The van der Waals surface area contributed by atoms with E-state index in [0.29, 0.717) is 19.1 Å². The standard InChI is InChI=1S/C36H58N2O2.2C3H7O.Ti/c1-33(2,3)26-17-24(31(39)29(19-26)35(7,8)9)21-37-22-28-15-13-14-16-38(28)23-25-18-27(34(4,5)6)20-30(32(25)40)36(10,11)12;2*1-3(2)4;/h17-20,28,37,39-40H,13-16,21-23H2,1-12H3;2*3H,1-2H3;/q;2*-1;+4/p-2/t28-;;;/m1.../s1. The molecule has 0 unspecified atom stereocenters. The van der Waals surface area contributed by atoms with Gasteiger partial charge in [-0.1, -0.05) is 141 Å². The van der Waals surface area contributed by atoms with Crippen LogP contribution in [0.1, 0.15) is 163 Å². The third-order valence-corrected chi connectivity index (χ3v) is 8.50. The smallest absolute Gasteiger partial charge is 0.872 e. The van der Waals surface area contributed by atoms with E-state index in [4.69, 9.17) is 0 Å². The number of hydrogen-bond acceptors (Lipinski definition) is 6. The number of benzene rings is 2. The molecular formula is C42H70N2O4Ti. The minimum atomic E-state index is -0.417. The Hall–Kier alpha value is -1.41. The SMILES string of the molecule is CC(C)(C)c1cc(CNC[C@H]2CCCCN2Cc2cc(C(C)(C)C)cc(C(C)(C)C)c2[O-])c([O-])c(C(C)(C)C)c1.CC(C)[O-].CC(C)[O-].[Ti+4]. The maximum atomic E-state index is 13.7. The number of nitrogens with one attached hydrogen (secondary N) is 1. The van der Waals surface area contributed by atoms with E-state index in [1.807, 2.05) is 0 Å². The Balaban J connectivity index is 0.00000230. The van der Waals surface area contributed by atoms with Crippen molar-refractivity contribution in [2.24, 2.45) is 0 Å². The molecule has 0 aliphatic carbocycles. The molecule has 0 amide bonds. The molecule has 1 aliphatic heterocycles. The first-order chi connectivity index (χ1) is 21.7. The summed E-state index contributed by atoms with van der Waals surface area (Å²) in [5.74, 6) is 0.362. The quantitative estimate of drug-likeness (QED) is 0.335. The molecule has 49 heavy (non-hydrogen) atoms. The van der Waals surface area contributed by atoms with Crippen molar-refractivity contribution in [3.8, 4) is 11.5 Å². The van der Waals surface area contributed by atoms with Crippen LogP contribution in [-0.2, 0) is 56.5 Å². The zero-order valence-electron chi connectivity index (χ0n) is 34.1. The van der Waals surface area contributed by atoms with Crippen molar-refractivity contribution in [1.29, 1.82) is 0 Å². The van der Waals surface area contributed by atoms with Crippen molar-refractivity contribution in [2.45, 2.75) is 183 Å². The molecule has 0 aromatic heterocycles. The van der Waals surface area contributed by atoms with Crippen molar-refractivity contribution >= 4 is 0 Å². The van der Waals surface area contributed by atoms with Gasteiger partial charge in [-0.3, -0.25) is 4.90 Å². The van der Waals surface area contributed by atoms with Crippen molar-refractivity contribution in [3.05, 3.63) is 57.6 Å². The maximum absolute atomic E-state index is 13.7. The van der Waals surface area contributed by atoms with Crippen molar-refractivity contribution < 1.29 is 42.1 Å². The van der Waals surface area contributed by atoms with Gasteiger partial charge < -0.3 is 25.7 Å². The molecule has 1 atom stereocenters. The molecule has 3 rings (SSSR count). The summed E-state index contributed by atoms with van der Waals surface area (Å²) in [4.78, 5) is 2.50. The number of likely N-dealkylation sites (tertiary alicyclic amines) is 1. The third-order valence-electron chi connectivity index (χ3n) is 8.50. The molecule has 0 radical (unpaired) electrons. The van der Waals surface area contributed by atoms with E-state index < -0.39 is 12.2 Å². The fourth-order valence-electron chi connectivity index (χ4n) is 5.70. The Bertz CT molecular complexity index is 1270. The van der Waals surface area contributed by atoms with Gasteiger partial charge in [0.1, 0.15) is 0 Å². The zero-order valence-corrected chi connectivity index (χ0v) is 35.6. The molecule has 276 valence electrons. The van der Waals surface area contributed by atoms with Crippen LogP contribution in [0, 0.1) is 0 Å². The second-order valence-electron chi connectivity index (χ2n) is 18.4. The van der Waals surface area contributed by atoms with Gasteiger partial charge in [0.15, 0.2) is 0 Å². The van der Waals surface area contributed by atoms with Gasteiger partial charge in [0.05, 0.1) is 0 Å². The number of hydrogen-bond donors (Lipinski definition) is 1. The van der Waals surface area contributed by atoms with Crippen LogP contribution in [0.15, 0.2) is 24.3 Å². The van der Waals surface area contributed by atoms with E-state index in [2.05, 4.69) is 118 Å². The van der Waals surface area contributed by atoms with E-state index in [0.717, 1.165) is 48.2 Å². The fraction of sp³-hybridized carbons (Fsp3) is 0.714. The van der Waals surface area contributed by atoms with Crippen molar-refractivity contribution in [3.63, 3.8) is 0 Å². The Morgan fingerprint density at radius 1 is 0.653 bits per heavy atom. The number of nitrogens with zero attached hydrogens (tertiary/aromatic N) is 1. The molecule has 1 N–H and O–H groups in total. The van der Waals surface area contributed by atoms with Gasteiger partial charge in [-0.25, -0.2) is 0 Å². The summed E-state index contributed by atoms with van der Waals surface area (Å²) in [6, 6.07) is 8.87. The van der Waals surface area contributed by atoms with Gasteiger partial charge in [0, 0.05) is 25.7 Å². The first-order valence-electron chi connectivity index (χ1n) is 18.1. The van der Waals surface area contributed by atoms with Gasteiger partial charge in [-0.05, 0) is 74.4 Å². The Labute approximate surface area is 316 Å². The molecule has 1 heterocycles. The van der Waals surface area contributed by atoms with Crippen LogP contribution in [0.4, 0.5) is 0 Å². The van der Waals surface area contributed by atoms with E-state index >= 15 is 0 Å². The Morgan fingerprint density at radius 3 is 1.43 bits per heavy atom. The zero-order chi connectivity index (χ0) is 37.4. The molecule has 0 spiro atoms. The van der Waals surface area contributed by atoms with Gasteiger partial charge >= 0.3 is 21.7 Å². The molecule has 6 nitrogen and oxygen atoms in total. The van der Waals surface area contributed by atoms with Crippen molar-refractivity contribution in [2.75, 3.05) is 13.1 Å². The normalized spacial score (nSPS) is 16.0. The average molecular weight is 715 g/mol. The van der Waals surface area contributed by atoms with Crippen LogP contribution in [0.25, 0.3) is 0 Å². The summed E-state index contributed by atoms with van der Waals surface area (Å²) in [5.41, 5.74) is 5.59. The van der Waals surface area contributed by atoms with Crippen LogP contribution in [0.5, 0.6) is 11.5 Å². The van der Waals surface area contributed by atoms with Crippen LogP contribution >= 0.6 is 0 Å². The van der Waals surface area contributed by atoms with Crippen LogP contribution in [0.3, 0.4) is 0 Å². The summed E-state index contributed by atoms with van der Waals surface area (Å²) >= 11 is 0. The fourth-order valence-corrected chi connectivity index (χ4v) is 5.70. The Kier molecular flexibility index (Phi) is 18.9. The number of rotatable bonds is 6. The molecule has 0 bridgehead atoms. The van der Waals surface area contributed by atoms with Gasteiger partial charge in [-0.2, -0.15) is 0 Å². The molecule has 7 heteroatoms. The molecule has 2 aromatic carbocycles. The van der Waals surface area contributed by atoms with Crippen LogP contribution < -0.4 is 25.7 Å². The monoisotopic (exact) mass is 714 g/mol. The van der Waals surface area contributed by atoms with Crippen LogP contribution in [-0.4, -0.2) is 36.2 Å². The summed E-state index contributed by atoms with van der Waals surface area (Å²) < 4.78 is 0. The second kappa shape index (κ2) is 19.4. The van der Waals surface area contributed by atoms with Gasteiger partial charge in [0.25, 0.3) is 0 Å². The second-order valence-corrected chi connectivity index (χ2v) is 18.4. The summed E-state index contributed by atoms with van der Waals surface area (Å²) in [6.07, 6.45) is 2.62. The van der Waals surface area contributed by atoms with Gasteiger partial charge in [0.2, 0.25) is 0 Å². The molecule has 1 aliphatic rings. The Morgan fingerprint density at radius 2 is 1.04 bits per heavy atom. The molecule has 2 aromatic rings. The first kappa shape index (κ1) is 47.6. The first-order valence-corrected chi connectivity index (χ1v) is 18.1. The minimum absolute atomic E-state index is 0. The van der Waals surface area contributed by atoms with E-state index in [1.54, 1.807) is 27.7 Å². The predicted octanol–water partition coefficient (Wildman–Crippen LogP) is 6.68.